The van der Waals surface area contributed by atoms with Crippen LogP contribution in [0.4, 0.5) is 0 Å². The fourth-order valence-electron chi connectivity index (χ4n) is 1.71. The third kappa shape index (κ3) is 4.62. The van der Waals surface area contributed by atoms with Gasteiger partial charge in [-0.1, -0.05) is 11.6 Å². The van der Waals surface area contributed by atoms with Gasteiger partial charge < -0.3 is 9.47 Å². The van der Waals surface area contributed by atoms with Crippen LogP contribution < -0.4 is 14.2 Å². The first-order valence-electron chi connectivity index (χ1n) is 6.53. The molecule has 0 aliphatic rings. The van der Waals surface area contributed by atoms with E-state index in [4.69, 9.17) is 21.1 Å². The lowest BCUT2D eigenvalue weighted by Crippen LogP contribution is -2.28. The Morgan fingerprint density at radius 2 is 1.59 bits per heavy atom. The lowest BCUT2D eigenvalue weighted by molar-refractivity contribution is 0.322. The Hall–Kier alpha value is -1.76. The molecule has 0 bridgehead atoms. The maximum atomic E-state index is 12.0. The van der Waals surface area contributed by atoms with Crippen molar-refractivity contribution in [3.05, 3.63) is 53.6 Å². The number of sulfonamides is 1. The maximum absolute atomic E-state index is 12.0. The summed E-state index contributed by atoms with van der Waals surface area (Å²) in [6, 6.07) is 13.0. The third-order valence-corrected chi connectivity index (χ3v) is 4.58. The molecule has 1 N–H and O–H groups in total. The van der Waals surface area contributed by atoms with Gasteiger partial charge in [0.1, 0.15) is 18.1 Å². The molecule has 2 rings (SSSR count). The minimum atomic E-state index is -3.55. The third-order valence-electron chi connectivity index (χ3n) is 2.85. The van der Waals surface area contributed by atoms with Crippen molar-refractivity contribution in [1.82, 2.24) is 4.72 Å². The smallest absolute Gasteiger partial charge is 0.240 e. The SMILES string of the molecule is COc1ccc(OCCNS(=O)(=O)c2ccc(Cl)cc2)cc1. The van der Waals surface area contributed by atoms with Crippen LogP contribution in [0.25, 0.3) is 0 Å². The lowest BCUT2D eigenvalue weighted by Gasteiger charge is -2.09. The van der Waals surface area contributed by atoms with Crippen LogP contribution in [0.2, 0.25) is 5.02 Å². The number of benzene rings is 2. The number of hydrogen-bond acceptors (Lipinski definition) is 4. The molecule has 0 heterocycles. The minimum absolute atomic E-state index is 0.164. The zero-order valence-electron chi connectivity index (χ0n) is 12.0. The number of halogens is 1. The highest BCUT2D eigenvalue weighted by molar-refractivity contribution is 7.89. The number of nitrogens with one attached hydrogen (secondary N) is 1. The quantitative estimate of drug-likeness (QED) is 0.786. The summed E-state index contributed by atoms with van der Waals surface area (Å²) in [4.78, 5) is 0.168. The summed E-state index contributed by atoms with van der Waals surface area (Å²) < 4.78 is 37.0. The van der Waals surface area contributed by atoms with Gasteiger partial charge in [0, 0.05) is 11.6 Å². The van der Waals surface area contributed by atoms with Crippen LogP contribution in [0.1, 0.15) is 0 Å². The van der Waals surface area contributed by atoms with Gasteiger partial charge in [-0.15, -0.1) is 0 Å². The summed E-state index contributed by atoms with van der Waals surface area (Å²) in [6.07, 6.45) is 0. The van der Waals surface area contributed by atoms with E-state index in [1.54, 1.807) is 31.4 Å². The molecule has 2 aromatic rings. The molecule has 2 aromatic carbocycles. The average molecular weight is 342 g/mol. The number of rotatable bonds is 7. The normalized spacial score (nSPS) is 11.2. The fraction of sp³-hybridized carbons (Fsp3) is 0.200. The number of hydrogen-bond donors (Lipinski definition) is 1. The Morgan fingerprint density at radius 1 is 1.00 bits per heavy atom. The molecule has 0 amide bonds. The van der Waals surface area contributed by atoms with Crippen molar-refractivity contribution >= 4 is 21.6 Å². The summed E-state index contributed by atoms with van der Waals surface area (Å²) in [7, 11) is -1.97. The van der Waals surface area contributed by atoms with Crippen LogP contribution in [0.3, 0.4) is 0 Å². The van der Waals surface area contributed by atoms with Crippen molar-refractivity contribution in [3.63, 3.8) is 0 Å². The zero-order chi connectivity index (χ0) is 16.0. The van der Waals surface area contributed by atoms with Crippen LogP contribution in [-0.2, 0) is 10.0 Å². The van der Waals surface area contributed by atoms with Crippen LogP contribution in [0.5, 0.6) is 11.5 Å². The van der Waals surface area contributed by atoms with E-state index in [9.17, 15) is 8.42 Å². The number of ether oxygens (including phenoxy) is 2. The van der Waals surface area contributed by atoms with Gasteiger partial charge in [-0.05, 0) is 48.5 Å². The minimum Gasteiger partial charge on any atom is -0.497 e. The highest BCUT2D eigenvalue weighted by Crippen LogP contribution is 2.17. The van der Waals surface area contributed by atoms with E-state index < -0.39 is 10.0 Å². The Balaban J connectivity index is 1.83. The van der Waals surface area contributed by atoms with E-state index in [2.05, 4.69) is 4.72 Å². The first kappa shape index (κ1) is 16.6. The van der Waals surface area contributed by atoms with Gasteiger partial charge in [0.2, 0.25) is 10.0 Å². The summed E-state index contributed by atoms with van der Waals surface area (Å²) in [5, 5.41) is 0.488. The van der Waals surface area contributed by atoms with Gasteiger partial charge >= 0.3 is 0 Å². The molecule has 0 saturated heterocycles. The van der Waals surface area contributed by atoms with Gasteiger partial charge in [0.05, 0.1) is 12.0 Å². The van der Waals surface area contributed by atoms with E-state index in [0.717, 1.165) is 5.75 Å². The summed E-state index contributed by atoms with van der Waals surface area (Å²) in [5.74, 6) is 1.38. The summed E-state index contributed by atoms with van der Waals surface area (Å²) in [5.41, 5.74) is 0. The van der Waals surface area contributed by atoms with Crippen LogP contribution >= 0.6 is 11.6 Å². The molecule has 0 radical (unpaired) electrons. The van der Waals surface area contributed by atoms with E-state index in [0.29, 0.717) is 10.8 Å². The van der Waals surface area contributed by atoms with Crippen molar-refractivity contribution in [2.24, 2.45) is 0 Å². The molecule has 0 saturated carbocycles. The predicted octanol–water partition coefficient (Wildman–Crippen LogP) is 2.71. The Morgan fingerprint density at radius 3 is 2.18 bits per heavy atom. The molecule has 0 aliphatic heterocycles. The van der Waals surface area contributed by atoms with Crippen LogP contribution in [0, 0.1) is 0 Å². The zero-order valence-corrected chi connectivity index (χ0v) is 13.5. The van der Waals surface area contributed by atoms with Gasteiger partial charge in [-0.25, -0.2) is 13.1 Å². The standard InChI is InChI=1S/C15H16ClNO4S/c1-20-13-4-6-14(7-5-13)21-11-10-17-22(18,19)15-8-2-12(16)3-9-15/h2-9,17H,10-11H2,1H3. The molecule has 0 aliphatic carbocycles. The topological polar surface area (TPSA) is 64.6 Å². The van der Waals surface area contributed by atoms with Gasteiger partial charge in [0.25, 0.3) is 0 Å². The maximum Gasteiger partial charge on any atom is 0.240 e. The van der Waals surface area contributed by atoms with Crippen molar-refractivity contribution in [3.8, 4) is 11.5 Å². The van der Waals surface area contributed by atoms with E-state index >= 15 is 0 Å². The van der Waals surface area contributed by atoms with Gasteiger partial charge in [-0.2, -0.15) is 0 Å². The second-order valence-electron chi connectivity index (χ2n) is 4.38. The van der Waals surface area contributed by atoms with Gasteiger partial charge in [0.15, 0.2) is 0 Å². The van der Waals surface area contributed by atoms with Crippen molar-refractivity contribution < 1.29 is 17.9 Å². The Kier molecular flexibility index (Phi) is 5.65. The predicted molar refractivity (Wildman–Crippen MR) is 85.1 cm³/mol. The average Bonchev–Trinajstić information content (AvgIpc) is 2.52. The monoisotopic (exact) mass is 341 g/mol. The molecule has 5 nitrogen and oxygen atoms in total. The van der Waals surface area contributed by atoms with Gasteiger partial charge in [-0.3, -0.25) is 0 Å². The highest BCUT2D eigenvalue weighted by Gasteiger charge is 2.12. The molecular weight excluding hydrogens is 326 g/mol. The second-order valence-corrected chi connectivity index (χ2v) is 6.58. The fourth-order valence-corrected chi connectivity index (χ4v) is 2.85. The first-order valence-corrected chi connectivity index (χ1v) is 8.39. The molecule has 0 aromatic heterocycles. The largest absolute Gasteiger partial charge is 0.497 e. The molecule has 118 valence electrons. The van der Waals surface area contributed by atoms with E-state index in [-0.39, 0.29) is 18.0 Å². The summed E-state index contributed by atoms with van der Waals surface area (Å²) in [6.45, 7) is 0.385. The first-order chi connectivity index (χ1) is 10.5. The Labute approximate surface area is 134 Å². The van der Waals surface area contributed by atoms with Crippen molar-refractivity contribution in [2.45, 2.75) is 4.90 Å². The highest BCUT2D eigenvalue weighted by atomic mass is 35.5. The molecule has 0 fully saturated rings. The lowest BCUT2D eigenvalue weighted by atomic mass is 10.3. The van der Waals surface area contributed by atoms with Crippen LogP contribution in [0.15, 0.2) is 53.4 Å². The molecule has 0 spiro atoms. The molecule has 0 atom stereocenters. The van der Waals surface area contributed by atoms with E-state index in [1.165, 1.54) is 24.3 Å². The van der Waals surface area contributed by atoms with Crippen molar-refractivity contribution in [1.29, 1.82) is 0 Å². The molecular formula is C15H16ClNO4S. The van der Waals surface area contributed by atoms with Crippen molar-refractivity contribution in [2.75, 3.05) is 20.3 Å². The number of methoxy groups -OCH3 is 1. The molecule has 0 unspecified atom stereocenters. The van der Waals surface area contributed by atoms with Crippen LogP contribution in [-0.4, -0.2) is 28.7 Å². The molecule has 22 heavy (non-hydrogen) atoms. The van der Waals surface area contributed by atoms with E-state index in [1.807, 2.05) is 0 Å². The Bertz CT molecular complexity index is 699. The summed E-state index contributed by atoms with van der Waals surface area (Å²) >= 11 is 5.73. The molecule has 7 heteroatoms. The second kappa shape index (κ2) is 7.49.